The molecule has 0 N–H and O–H groups in total. The van der Waals surface area contributed by atoms with Gasteiger partial charge in [-0.1, -0.05) is 0 Å². The lowest BCUT2D eigenvalue weighted by Crippen LogP contribution is -2.38. The van der Waals surface area contributed by atoms with Crippen LogP contribution in [0.2, 0.25) is 0 Å². The predicted octanol–water partition coefficient (Wildman–Crippen LogP) is 1.43. The summed E-state index contributed by atoms with van der Waals surface area (Å²) in [6.45, 7) is 1.29. The van der Waals surface area contributed by atoms with Gasteiger partial charge in [-0.3, -0.25) is 9.69 Å². The van der Waals surface area contributed by atoms with Crippen molar-refractivity contribution in [1.82, 2.24) is 4.90 Å². The minimum absolute atomic E-state index is 0.209. The summed E-state index contributed by atoms with van der Waals surface area (Å²) in [5, 5.41) is 0. The minimum Gasteiger partial charge on any atom is -0.468 e. The molecule has 0 saturated carbocycles. The molecular formula is C8H14F3NO2. The zero-order valence-corrected chi connectivity index (χ0v) is 8.39. The molecule has 3 nitrogen and oxygen atoms in total. The van der Waals surface area contributed by atoms with Gasteiger partial charge >= 0.3 is 12.1 Å². The molecule has 0 aromatic heterocycles. The van der Waals surface area contributed by atoms with E-state index in [1.54, 1.807) is 0 Å². The average Bonchev–Trinajstić information content (AvgIpc) is 2.10. The van der Waals surface area contributed by atoms with Crippen LogP contribution in [0.1, 0.15) is 13.3 Å². The van der Waals surface area contributed by atoms with Gasteiger partial charge in [0.15, 0.2) is 0 Å². The van der Waals surface area contributed by atoms with E-state index in [0.717, 1.165) is 0 Å². The van der Waals surface area contributed by atoms with Gasteiger partial charge in [-0.2, -0.15) is 13.2 Å². The molecule has 0 aliphatic heterocycles. The van der Waals surface area contributed by atoms with E-state index < -0.39 is 24.6 Å². The quantitative estimate of drug-likeness (QED) is 0.662. The number of hydrogen-bond donors (Lipinski definition) is 0. The molecular weight excluding hydrogens is 199 g/mol. The number of carbonyl (C=O) groups excluding carboxylic acids is 1. The molecule has 0 bridgehead atoms. The van der Waals surface area contributed by atoms with Crippen molar-refractivity contribution < 1.29 is 22.7 Å². The van der Waals surface area contributed by atoms with Crippen LogP contribution in [0.25, 0.3) is 0 Å². The Bertz CT molecular complexity index is 194. The van der Waals surface area contributed by atoms with E-state index in [2.05, 4.69) is 4.74 Å². The van der Waals surface area contributed by atoms with Crippen LogP contribution in [0.3, 0.4) is 0 Å². The maximum absolute atomic E-state index is 11.8. The second-order valence-corrected chi connectivity index (χ2v) is 3.04. The van der Waals surface area contributed by atoms with Crippen LogP contribution in [0.15, 0.2) is 0 Å². The molecule has 0 aromatic carbocycles. The Hall–Kier alpha value is -0.780. The number of halogens is 3. The fraction of sp³-hybridized carbons (Fsp3) is 0.875. The summed E-state index contributed by atoms with van der Waals surface area (Å²) >= 11 is 0. The minimum atomic E-state index is -4.19. The van der Waals surface area contributed by atoms with Gasteiger partial charge in [0.1, 0.15) is 6.04 Å². The topological polar surface area (TPSA) is 29.5 Å². The average molecular weight is 213 g/mol. The highest BCUT2D eigenvalue weighted by Crippen LogP contribution is 2.19. The van der Waals surface area contributed by atoms with E-state index >= 15 is 0 Å². The van der Waals surface area contributed by atoms with Crippen molar-refractivity contribution in [2.45, 2.75) is 25.6 Å². The van der Waals surface area contributed by atoms with Crippen molar-refractivity contribution in [3.63, 3.8) is 0 Å². The second kappa shape index (κ2) is 5.19. The van der Waals surface area contributed by atoms with Crippen molar-refractivity contribution in [3.05, 3.63) is 0 Å². The van der Waals surface area contributed by atoms with E-state index in [0.29, 0.717) is 0 Å². The first-order chi connectivity index (χ1) is 6.28. The summed E-state index contributed by atoms with van der Waals surface area (Å²) in [6, 6.07) is -0.651. The SMILES string of the molecule is COC(=O)C(C)N(C)CCC(F)(F)F. The molecule has 1 atom stereocenters. The van der Waals surface area contributed by atoms with Crippen LogP contribution >= 0.6 is 0 Å². The number of nitrogens with zero attached hydrogens (tertiary/aromatic N) is 1. The summed E-state index contributed by atoms with van der Waals surface area (Å²) in [6.07, 6.45) is -5.12. The first-order valence-electron chi connectivity index (χ1n) is 4.12. The maximum Gasteiger partial charge on any atom is 0.390 e. The van der Waals surface area contributed by atoms with Crippen LogP contribution in [-0.2, 0) is 9.53 Å². The largest absolute Gasteiger partial charge is 0.468 e. The molecule has 84 valence electrons. The van der Waals surface area contributed by atoms with Crippen molar-refractivity contribution in [1.29, 1.82) is 0 Å². The van der Waals surface area contributed by atoms with Crippen LogP contribution < -0.4 is 0 Å². The lowest BCUT2D eigenvalue weighted by Gasteiger charge is -2.22. The normalized spacial score (nSPS) is 14.2. The van der Waals surface area contributed by atoms with E-state index in [-0.39, 0.29) is 6.54 Å². The van der Waals surface area contributed by atoms with Crippen LogP contribution in [-0.4, -0.2) is 43.8 Å². The lowest BCUT2D eigenvalue weighted by atomic mass is 10.3. The van der Waals surface area contributed by atoms with Crippen LogP contribution in [0.4, 0.5) is 13.2 Å². The third-order valence-electron chi connectivity index (χ3n) is 1.95. The first kappa shape index (κ1) is 13.2. The van der Waals surface area contributed by atoms with Gasteiger partial charge in [-0.05, 0) is 14.0 Å². The van der Waals surface area contributed by atoms with Crippen molar-refractivity contribution in [2.75, 3.05) is 20.7 Å². The maximum atomic E-state index is 11.8. The molecule has 0 rings (SSSR count). The molecule has 0 spiro atoms. The van der Waals surface area contributed by atoms with Crippen LogP contribution in [0.5, 0.6) is 0 Å². The highest BCUT2D eigenvalue weighted by Gasteiger charge is 2.29. The summed E-state index contributed by atoms with van der Waals surface area (Å²) in [5.41, 5.74) is 0. The third kappa shape index (κ3) is 5.06. The van der Waals surface area contributed by atoms with Crippen LogP contribution in [0, 0.1) is 0 Å². The van der Waals surface area contributed by atoms with Gasteiger partial charge in [0.25, 0.3) is 0 Å². The zero-order chi connectivity index (χ0) is 11.4. The second-order valence-electron chi connectivity index (χ2n) is 3.04. The summed E-state index contributed by atoms with van der Waals surface area (Å²) in [7, 11) is 2.66. The van der Waals surface area contributed by atoms with E-state index in [4.69, 9.17) is 0 Å². The van der Waals surface area contributed by atoms with Crippen molar-refractivity contribution >= 4 is 5.97 Å². The van der Waals surface area contributed by atoms with Gasteiger partial charge in [-0.25, -0.2) is 0 Å². The molecule has 0 saturated heterocycles. The number of hydrogen-bond acceptors (Lipinski definition) is 3. The molecule has 0 amide bonds. The Balaban J connectivity index is 3.96. The first-order valence-corrected chi connectivity index (χ1v) is 4.12. The predicted molar refractivity (Wildman–Crippen MR) is 44.8 cm³/mol. The number of ether oxygens (including phenoxy) is 1. The monoisotopic (exact) mass is 213 g/mol. The number of carbonyl (C=O) groups is 1. The van der Waals surface area contributed by atoms with Gasteiger partial charge < -0.3 is 4.74 Å². The van der Waals surface area contributed by atoms with Gasteiger partial charge in [0.2, 0.25) is 0 Å². The Morgan fingerprint density at radius 2 is 2.00 bits per heavy atom. The number of methoxy groups -OCH3 is 1. The molecule has 14 heavy (non-hydrogen) atoms. The Morgan fingerprint density at radius 3 is 2.36 bits per heavy atom. The third-order valence-corrected chi connectivity index (χ3v) is 1.95. The van der Waals surface area contributed by atoms with E-state index in [1.807, 2.05) is 0 Å². The molecule has 0 fully saturated rings. The number of alkyl halides is 3. The summed E-state index contributed by atoms with van der Waals surface area (Å²) in [5.74, 6) is -0.533. The standard InChI is InChI=1S/C8H14F3NO2/c1-6(7(13)14-3)12(2)5-4-8(9,10)11/h6H,4-5H2,1-3H3. The van der Waals surface area contributed by atoms with Gasteiger partial charge in [-0.15, -0.1) is 0 Å². The highest BCUT2D eigenvalue weighted by atomic mass is 19.4. The molecule has 0 heterocycles. The van der Waals surface area contributed by atoms with Crippen molar-refractivity contribution in [3.8, 4) is 0 Å². The summed E-state index contributed by atoms with van der Waals surface area (Å²) < 4.78 is 39.9. The fourth-order valence-electron chi connectivity index (χ4n) is 0.847. The smallest absolute Gasteiger partial charge is 0.390 e. The highest BCUT2D eigenvalue weighted by molar-refractivity contribution is 5.75. The van der Waals surface area contributed by atoms with E-state index in [1.165, 1.54) is 26.0 Å². The van der Waals surface area contributed by atoms with Gasteiger partial charge in [0, 0.05) is 6.54 Å². The Kier molecular flexibility index (Phi) is 4.90. The molecule has 0 radical (unpaired) electrons. The van der Waals surface area contributed by atoms with Crippen molar-refractivity contribution in [2.24, 2.45) is 0 Å². The van der Waals surface area contributed by atoms with E-state index in [9.17, 15) is 18.0 Å². The molecule has 0 aliphatic carbocycles. The molecule has 6 heteroatoms. The fourth-order valence-corrected chi connectivity index (χ4v) is 0.847. The zero-order valence-electron chi connectivity index (χ0n) is 8.39. The number of rotatable bonds is 4. The number of esters is 1. The molecule has 1 unspecified atom stereocenters. The molecule has 0 aliphatic rings. The van der Waals surface area contributed by atoms with Gasteiger partial charge in [0.05, 0.1) is 13.5 Å². The summed E-state index contributed by atoms with van der Waals surface area (Å²) in [4.78, 5) is 12.2. The lowest BCUT2D eigenvalue weighted by molar-refractivity contribution is -0.150. The number of likely N-dealkylation sites (N-methyl/N-ethyl adjacent to an activating group) is 1. The molecule has 0 aromatic rings. The Labute approximate surface area is 80.8 Å². The Morgan fingerprint density at radius 1 is 1.50 bits per heavy atom.